The van der Waals surface area contributed by atoms with Crippen LogP contribution in [-0.4, -0.2) is 53.9 Å². The van der Waals surface area contributed by atoms with Crippen molar-refractivity contribution in [1.29, 1.82) is 0 Å². The first-order valence-corrected chi connectivity index (χ1v) is 30.6. The number of aromatic carboxylic acids is 4. The summed E-state index contributed by atoms with van der Waals surface area (Å²) in [5.41, 5.74) is 11.9. The number of hydrogen-bond acceptors (Lipinski definition) is 5. The molecule has 478 valence electrons. The van der Waals surface area contributed by atoms with Gasteiger partial charge in [-0.3, -0.25) is 4.79 Å². The van der Waals surface area contributed by atoms with E-state index >= 15 is 0 Å². The number of halogens is 2. The smallest absolute Gasteiger partial charge is 0.335 e. The molecule has 9 nitrogen and oxygen atoms in total. The number of rotatable bonds is 5. The Hall–Kier alpha value is -7.14. The van der Waals surface area contributed by atoms with Crippen LogP contribution in [0.25, 0.3) is 0 Å². The zero-order valence-corrected chi connectivity index (χ0v) is 59.2. The minimum absolute atomic E-state index is 0.00542. The first-order chi connectivity index (χ1) is 39.9. The van der Waals surface area contributed by atoms with Crippen molar-refractivity contribution < 1.29 is 44.4 Å². The highest BCUT2D eigenvalue weighted by Crippen LogP contribution is 2.27. The summed E-state index contributed by atoms with van der Waals surface area (Å²) >= 11 is 8.76. The molecule has 0 aromatic heterocycles. The number of aryl methyl sites for hydroxylation is 2. The lowest BCUT2D eigenvalue weighted by molar-refractivity contribution is 0.0686. The number of carboxylic acid groups (broad SMARTS) is 4. The average Bonchev–Trinajstić information content (AvgIpc) is 3.64. The van der Waals surface area contributed by atoms with Crippen molar-refractivity contribution in [2.24, 2.45) is 0 Å². The Morgan fingerprint density at radius 2 is 0.500 bits per heavy atom. The Morgan fingerprint density at radius 3 is 0.705 bits per heavy atom. The normalized spacial score (nSPS) is 11.2. The van der Waals surface area contributed by atoms with Gasteiger partial charge in [-0.15, -0.1) is 0 Å². The molecule has 0 atom stereocenters. The molecule has 7 aromatic rings. The van der Waals surface area contributed by atoms with Crippen LogP contribution in [-0.2, 0) is 32.5 Å². The molecular weight excluding hydrogens is 1180 g/mol. The van der Waals surface area contributed by atoms with Gasteiger partial charge in [0.05, 0.1) is 22.3 Å². The van der Waals surface area contributed by atoms with E-state index in [2.05, 4.69) is 212 Å². The molecule has 7 aromatic carbocycles. The Morgan fingerprint density at radius 1 is 0.284 bits per heavy atom. The van der Waals surface area contributed by atoms with Gasteiger partial charge in [-0.25, -0.2) is 19.2 Å². The van der Waals surface area contributed by atoms with Gasteiger partial charge in [-0.2, -0.15) is 0 Å². The maximum absolute atomic E-state index is 10.9. The van der Waals surface area contributed by atoms with E-state index in [9.17, 15) is 24.0 Å². The SMILES string of the molecule is CC(C)(C)Br.CC(C)(C)c1ccc(C(=O)O)cc1.CC(C)(C)c1cccc(C(=O)Cl)c1.CC(C)(C)c1cccc(C(=O)O)c1.CC(C)(C)c1cccc(C(=O)O)c1.CC(C)(C)c1cccc(C(=O)O)c1.Cc1ccc(C(C)(C)C)cc1.Cc1ccccc1. The van der Waals surface area contributed by atoms with Gasteiger partial charge in [-0.1, -0.05) is 294 Å². The fourth-order valence-corrected chi connectivity index (χ4v) is 7.28. The minimum atomic E-state index is -0.875. The van der Waals surface area contributed by atoms with E-state index in [1.807, 2.05) is 66.7 Å². The van der Waals surface area contributed by atoms with Crippen LogP contribution in [0.2, 0.25) is 0 Å². The minimum Gasteiger partial charge on any atom is -0.478 e. The molecule has 0 unspecified atom stereocenters. The number of carbonyl (C=O) groups is 5. The van der Waals surface area contributed by atoms with Gasteiger partial charge < -0.3 is 20.4 Å². The van der Waals surface area contributed by atoms with Crippen LogP contribution in [0, 0.1) is 13.8 Å². The molecule has 4 N–H and O–H groups in total. The zero-order chi connectivity index (χ0) is 68.4. The van der Waals surface area contributed by atoms with E-state index in [1.165, 1.54) is 16.7 Å². The molecule has 0 amide bonds. The van der Waals surface area contributed by atoms with Crippen LogP contribution in [0.1, 0.15) is 242 Å². The molecule has 0 spiro atoms. The number of benzene rings is 7. The fourth-order valence-electron chi connectivity index (χ4n) is 7.16. The van der Waals surface area contributed by atoms with Crippen molar-refractivity contribution in [2.45, 2.75) is 196 Å². The van der Waals surface area contributed by atoms with Crippen molar-refractivity contribution in [2.75, 3.05) is 0 Å². The highest BCUT2D eigenvalue weighted by molar-refractivity contribution is 9.10. The molecule has 0 aliphatic heterocycles. The third-order valence-electron chi connectivity index (χ3n) is 12.7. The van der Waals surface area contributed by atoms with Crippen molar-refractivity contribution in [3.05, 3.63) is 248 Å². The molecule has 0 heterocycles. The quantitative estimate of drug-likeness (QED) is 0.0969. The summed E-state index contributed by atoms with van der Waals surface area (Å²) in [5, 5.41) is 34.6. The van der Waals surface area contributed by atoms with Crippen LogP contribution in [0.3, 0.4) is 0 Å². The third kappa shape index (κ3) is 35.0. The van der Waals surface area contributed by atoms with Gasteiger partial charge >= 0.3 is 23.9 Å². The number of alkyl halides is 1. The van der Waals surface area contributed by atoms with Gasteiger partial charge in [0, 0.05) is 9.89 Å². The monoisotopic (exact) mass is 1280 g/mol. The maximum Gasteiger partial charge on any atom is 0.335 e. The second-order valence-electron chi connectivity index (χ2n) is 28.5. The topological polar surface area (TPSA) is 166 Å². The fraction of sp³-hybridized carbons (Fsp3) is 0.390. The number of hydrogen-bond donors (Lipinski definition) is 4. The number of carboxylic acids is 4. The van der Waals surface area contributed by atoms with Gasteiger partial charge in [0.1, 0.15) is 0 Å². The summed E-state index contributed by atoms with van der Waals surface area (Å²) in [6.07, 6.45) is 0. The molecule has 0 aliphatic carbocycles. The van der Waals surface area contributed by atoms with E-state index in [1.54, 1.807) is 72.8 Å². The average molecular weight is 1290 g/mol. The first kappa shape index (κ1) is 80.9. The Labute approximate surface area is 542 Å². The van der Waals surface area contributed by atoms with Crippen LogP contribution in [0.15, 0.2) is 176 Å². The lowest BCUT2D eigenvalue weighted by Gasteiger charge is -2.19. The highest BCUT2D eigenvalue weighted by Gasteiger charge is 2.19. The second-order valence-corrected chi connectivity index (χ2v) is 31.2. The Bertz CT molecular complexity index is 2980. The summed E-state index contributed by atoms with van der Waals surface area (Å²) in [6.45, 7) is 48.4. The van der Waals surface area contributed by atoms with Gasteiger partial charge in [0.2, 0.25) is 0 Å². The molecule has 0 radical (unpaired) electrons. The van der Waals surface area contributed by atoms with Crippen LogP contribution in [0.4, 0.5) is 0 Å². The van der Waals surface area contributed by atoms with Crippen molar-refractivity contribution in [3.8, 4) is 0 Å². The molecule has 0 fully saturated rings. The molecule has 11 heteroatoms. The van der Waals surface area contributed by atoms with Gasteiger partial charge in [0.25, 0.3) is 5.24 Å². The summed E-state index contributed by atoms with van der Waals surface area (Å²) < 4.78 is 0.312. The molecule has 0 bridgehead atoms. The third-order valence-corrected chi connectivity index (χ3v) is 13.0. The van der Waals surface area contributed by atoms with Crippen molar-refractivity contribution in [3.63, 3.8) is 0 Å². The first-order valence-electron chi connectivity index (χ1n) is 29.4. The highest BCUT2D eigenvalue weighted by atomic mass is 79.9. The summed E-state index contributed by atoms with van der Waals surface area (Å²) in [7, 11) is 0. The largest absolute Gasteiger partial charge is 0.478 e. The van der Waals surface area contributed by atoms with E-state index < -0.39 is 29.1 Å². The molecular formula is C77H102BrClO9. The molecule has 0 saturated heterocycles. The lowest BCUT2D eigenvalue weighted by atomic mass is 9.86. The van der Waals surface area contributed by atoms with Gasteiger partial charge in [-0.05, 0) is 146 Å². The van der Waals surface area contributed by atoms with E-state index in [-0.39, 0.29) is 32.5 Å². The van der Waals surface area contributed by atoms with Crippen molar-refractivity contribution >= 4 is 56.7 Å². The predicted molar refractivity (Wildman–Crippen MR) is 373 cm³/mol. The standard InChI is InChI=1S/C11H13ClO.4C11H14O2.C11H16.C7H8.C4H9Br/c1-11(2,3)9-6-4-5-8(7-9)10(12)13;1-11(2,3)9-6-4-8(5-7-9)10(12)13;3*1-11(2,3)9-6-4-5-8(7-9)10(12)13;1-9-5-7-10(8-6-9)11(2,3)4;1-7-5-3-2-4-6-7;1-4(2,3)5/h4-7H,1-3H3;4*4-7H,1-3H3,(H,12,13);5-8H,1-4H3;2-6H,1H3;1-3H3. The Kier molecular flexibility index (Phi) is 32.9. The second kappa shape index (κ2) is 35.8. The molecule has 7 rings (SSSR count). The molecule has 0 aliphatic rings. The summed E-state index contributed by atoms with van der Waals surface area (Å²) in [6, 6.07) is 54.6. The lowest BCUT2D eigenvalue weighted by Crippen LogP contribution is -2.12. The van der Waals surface area contributed by atoms with Gasteiger partial charge in [0.15, 0.2) is 0 Å². The van der Waals surface area contributed by atoms with E-state index in [0.29, 0.717) is 32.1 Å². The van der Waals surface area contributed by atoms with E-state index in [4.69, 9.17) is 32.0 Å². The molecule has 0 saturated carbocycles. The van der Waals surface area contributed by atoms with Crippen LogP contribution in [0.5, 0.6) is 0 Å². The molecule has 88 heavy (non-hydrogen) atoms. The van der Waals surface area contributed by atoms with Crippen LogP contribution >= 0.6 is 27.5 Å². The van der Waals surface area contributed by atoms with Crippen LogP contribution < -0.4 is 0 Å². The number of carbonyl (C=O) groups excluding carboxylic acids is 1. The van der Waals surface area contributed by atoms with E-state index in [0.717, 1.165) is 27.8 Å². The zero-order valence-electron chi connectivity index (χ0n) is 56.8. The van der Waals surface area contributed by atoms with Crippen molar-refractivity contribution in [1.82, 2.24) is 0 Å². The maximum atomic E-state index is 10.9. The predicted octanol–water partition coefficient (Wildman–Crippen LogP) is 21.6. The Balaban J connectivity index is 0.000000995. The summed E-state index contributed by atoms with van der Waals surface area (Å²) in [5.74, 6) is -3.48. The summed E-state index contributed by atoms with van der Waals surface area (Å²) in [4.78, 5) is 53.5.